The molecule has 0 saturated heterocycles. The van der Waals surface area contributed by atoms with Gasteiger partial charge in [-0.05, 0) is 47.4 Å². The molecule has 0 bridgehead atoms. The van der Waals surface area contributed by atoms with Gasteiger partial charge in [-0.25, -0.2) is 18.7 Å². The summed E-state index contributed by atoms with van der Waals surface area (Å²) in [7, 11) is 6.33. The Morgan fingerprint density at radius 3 is 2.30 bits per heavy atom. The first kappa shape index (κ1) is 15.1. The van der Waals surface area contributed by atoms with Crippen LogP contribution in [-0.2, 0) is 11.2 Å². The summed E-state index contributed by atoms with van der Waals surface area (Å²) in [6.07, 6.45) is 0. The molecule has 110 valence electrons. The van der Waals surface area contributed by atoms with Gasteiger partial charge in [-0.1, -0.05) is 17.3 Å². The quantitative estimate of drug-likeness (QED) is 0.780. The van der Waals surface area contributed by atoms with Crippen molar-refractivity contribution in [3.8, 4) is 0 Å². The first-order valence-corrected chi connectivity index (χ1v) is 7.89. The van der Waals surface area contributed by atoms with Crippen LogP contribution in [-0.4, -0.2) is 64.2 Å². The minimum absolute atomic E-state index is 0.411. The lowest BCUT2D eigenvalue weighted by Crippen LogP contribution is -2.33. The summed E-state index contributed by atoms with van der Waals surface area (Å²) in [4.78, 5) is 0. The predicted octanol–water partition coefficient (Wildman–Crippen LogP) is 1.55. The molecule has 1 aromatic heterocycles. The second kappa shape index (κ2) is 5.61. The summed E-state index contributed by atoms with van der Waals surface area (Å²) >= 11 is 0. The van der Waals surface area contributed by atoms with Gasteiger partial charge in [0.25, 0.3) is 7.59 Å². The van der Waals surface area contributed by atoms with Gasteiger partial charge in [0, 0.05) is 0 Å². The largest absolute Gasteiger partial charge is 0.287 e. The summed E-state index contributed by atoms with van der Waals surface area (Å²) < 4.78 is 20.1. The Morgan fingerprint density at radius 1 is 1.10 bits per heavy atom. The highest BCUT2D eigenvalue weighted by Gasteiger charge is 2.33. The van der Waals surface area contributed by atoms with E-state index in [2.05, 4.69) is 10.3 Å². The third kappa shape index (κ3) is 2.50. The Kier molecular flexibility index (Phi) is 4.25. The molecule has 2 aromatic rings. The van der Waals surface area contributed by atoms with Crippen molar-refractivity contribution >= 4 is 18.6 Å². The van der Waals surface area contributed by atoms with Crippen LogP contribution >= 0.6 is 7.59 Å². The van der Waals surface area contributed by atoms with E-state index in [0.717, 1.165) is 11.0 Å². The van der Waals surface area contributed by atoms with E-state index in [0.29, 0.717) is 6.67 Å². The molecule has 1 aromatic carbocycles. The first-order valence-electron chi connectivity index (χ1n) is 6.33. The molecular weight excluding hydrogens is 275 g/mol. The minimum Gasteiger partial charge on any atom is -0.270 e. The molecule has 20 heavy (non-hydrogen) atoms. The molecule has 8 heteroatoms. The average Bonchev–Trinajstić information content (AvgIpc) is 2.80. The molecule has 1 heterocycles. The standard InChI is InChI=1S/C12H21N6OP/c1-15(2)20(19,16(3)4)17(5)10-18-12-9-7-6-8-11(12)13-14-18/h6-9H,10H2,1-5H3. The Balaban J connectivity index is 2.31. The number of aromatic nitrogens is 3. The summed E-state index contributed by atoms with van der Waals surface area (Å²) in [6, 6.07) is 7.74. The SMILES string of the molecule is CN(C)P(=O)(N(C)C)N(C)Cn1nnc2ccccc21. The molecule has 0 amide bonds. The number of para-hydroxylation sites is 1. The average molecular weight is 296 g/mol. The molecular formula is C12H21N6OP. The lowest BCUT2D eigenvalue weighted by atomic mass is 10.3. The fourth-order valence-electron chi connectivity index (χ4n) is 2.27. The number of fused-ring (bicyclic) bond motifs is 1. The molecule has 0 aliphatic rings. The molecule has 0 unspecified atom stereocenters. The van der Waals surface area contributed by atoms with Gasteiger partial charge < -0.3 is 0 Å². The molecule has 0 N–H and O–H groups in total. The van der Waals surface area contributed by atoms with Crippen molar-refractivity contribution in [3.63, 3.8) is 0 Å². The van der Waals surface area contributed by atoms with Crippen molar-refractivity contribution in [1.29, 1.82) is 0 Å². The van der Waals surface area contributed by atoms with Crippen molar-refractivity contribution in [2.24, 2.45) is 0 Å². The first-order chi connectivity index (χ1) is 9.37. The summed E-state index contributed by atoms with van der Waals surface area (Å²) in [5, 5.41) is 8.25. The normalized spacial score (nSPS) is 13.0. The van der Waals surface area contributed by atoms with Crippen LogP contribution in [0.2, 0.25) is 0 Å². The fourth-order valence-corrected chi connectivity index (χ4v) is 4.49. The maximum Gasteiger partial charge on any atom is 0.287 e. The molecule has 2 rings (SSSR count). The summed E-state index contributed by atoms with van der Waals surface area (Å²) in [6.45, 7) is 0.411. The van der Waals surface area contributed by atoms with Crippen LogP contribution in [0.25, 0.3) is 11.0 Å². The van der Waals surface area contributed by atoms with Crippen LogP contribution < -0.4 is 0 Å². The van der Waals surface area contributed by atoms with Gasteiger partial charge in [-0.3, -0.25) is 4.57 Å². The molecule has 0 spiro atoms. The zero-order valence-electron chi connectivity index (χ0n) is 12.6. The topological polar surface area (TPSA) is 57.5 Å². The number of hydrogen-bond acceptors (Lipinski definition) is 3. The third-order valence-electron chi connectivity index (χ3n) is 3.25. The molecule has 0 radical (unpaired) electrons. The molecule has 7 nitrogen and oxygen atoms in total. The zero-order chi connectivity index (χ0) is 14.9. The van der Waals surface area contributed by atoms with Gasteiger partial charge in [-0.2, -0.15) is 0 Å². The van der Waals surface area contributed by atoms with Crippen LogP contribution in [0.4, 0.5) is 0 Å². The summed E-state index contributed by atoms with van der Waals surface area (Å²) in [5.74, 6) is 0. The minimum atomic E-state index is -2.76. The van der Waals surface area contributed by atoms with Gasteiger partial charge in [-0.15, -0.1) is 5.10 Å². The van der Waals surface area contributed by atoms with Gasteiger partial charge in [0.2, 0.25) is 0 Å². The number of rotatable bonds is 5. The van der Waals surface area contributed by atoms with Crippen LogP contribution in [0.5, 0.6) is 0 Å². The van der Waals surface area contributed by atoms with Crippen molar-refractivity contribution in [2.45, 2.75) is 6.67 Å². The van der Waals surface area contributed by atoms with E-state index in [1.807, 2.05) is 59.5 Å². The van der Waals surface area contributed by atoms with Crippen molar-refractivity contribution in [3.05, 3.63) is 24.3 Å². The third-order valence-corrected chi connectivity index (χ3v) is 6.35. The highest BCUT2D eigenvalue weighted by molar-refractivity contribution is 7.56. The molecule has 0 fully saturated rings. The Bertz CT molecular complexity index is 626. The highest BCUT2D eigenvalue weighted by atomic mass is 31.2. The predicted molar refractivity (Wildman–Crippen MR) is 80.3 cm³/mol. The smallest absolute Gasteiger partial charge is 0.270 e. The number of benzene rings is 1. The monoisotopic (exact) mass is 296 g/mol. The van der Waals surface area contributed by atoms with Crippen LogP contribution in [0.15, 0.2) is 24.3 Å². The Hall–Kier alpha value is -1.27. The van der Waals surface area contributed by atoms with E-state index in [4.69, 9.17) is 0 Å². The fraction of sp³-hybridized carbons (Fsp3) is 0.500. The summed E-state index contributed by atoms with van der Waals surface area (Å²) in [5.41, 5.74) is 1.77. The van der Waals surface area contributed by atoms with Gasteiger partial charge in [0.15, 0.2) is 0 Å². The highest BCUT2D eigenvalue weighted by Crippen LogP contribution is 2.52. The van der Waals surface area contributed by atoms with Gasteiger partial charge in [0.05, 0.1) is 5.52 Å². The molecule has 0 aliphatic heterocycles. The van der Waals surface area contributed by atoms with E-state index in [1.165, 1.54) is 0 Å². The molecule has 0 atom stereocenters. The van der Waals surface area contributed by atoms with Crippen molar-refractivity contribution in [2.75, 3.05) is 35.2 Å². The Labute approximate surface area is 119 Å². The molecule has 0 aliphatic carbocycles. The van der Waals surface area contributed by atoms with E-state index < -0.39 is 7.59 Å². The molecule has 0 saturated carbocycles. The van der Waals surface area contributed by atoms with E-state index in [-0.39, 0.29) is 0 Å². The van der Waals surface area contributed by atoms with Crippen LogP contribution in [0.3, 0.4) is 0 Å². The van der Waals surface area contributed by atoms with Crippen molar-refractivity contribution < 1.29 is 4.57 Å². The number of nitrogens with zero attached hydrogens (tertiary/aromatic N) is 6. The maximum atomic E-state index is 13.1. The van der Waals surface area contributed by atoms with E-state index in [9.17, 15) is 4.57 Å². The van der Waals surface area contributed by atoms with E-state index >= 15 is 0 Å². The second-order valence-electron chi connectivity index (χ2n) is 5.08. The van der Waals surface area contributed by atoms with Gasteiger partial charge >= 0.3 is 0 Å². The Morgan fingerprint density at radius 2 is 1.70 bits per heavy atom. The van der Waals surface area contributed by atoms with Crippen LogP contribution in [0.1, 0.15) is 0 Å². The van der Waals surface area contributed by atoms with E-state index in [1.54, 1.807) is 18.7 Å². The van der Waals surface area contributed by atoms with Crippen molar-refractivity contribution in [1.82, 2.24) is 29.0 Å². The van der Waals surface area contributed by atoms with Crippen LogP contribution in [0, 0.1) is 0 Å². The lowest BCUT2D eigenvalue weighted by molar-refractivity contribution is 0.311. The van der Waals surface area contributed by atoms with Gasteiger partial charge in [0.1, 0.15) is 12.2 Å². The number of hydrogen-bond donors (Lipinski definition) is 0. The lowest BCUT2D eigenvalue weighted by Gasteiger charge is -2.36. The maximum absolute atomic E-state index is 13.1. The second-order valence-corrected chi connectivity index (χ2v) is 8.39. The zero-order valence-corrected chi connectivity index (χ0v) is 13.4.